The molecule has 2 N–H and O–H groups in total. The summed E-state index contributed by atoms with van der Waals surface area (Å²) in [4.78, 5) is 0. The monoisotopic (exact) mass is 214 g/mol. The first-order chi connectivity index (χ1) is 6.41. The van der Waals surface area contributed by atoms with Gasteiger partial charge in [0, 0.05) is 12.5 Å². The number of rotatable bonds is 2. The smallest absolute Gasteiger partial charge is 0.393 e. The predicted octanol–water partition coefficient (Wildman–Crippen LogP) is 0.697. The number of ether oxygens (including phenoxy) is 1. The Balaban J connectivity index is 2.42. The largest absolute Gasteiger partial charge is 0.414 e. The molecule has 0 bridgehead atoms. The summed E-state index contributed by atoms with van der Waals surface area (Å²) < 4.78 is 40.8. The third-order valence-electron chi connectivity index (χ3n) is 2.34. The summed E-state index contributed by atoms with van der Waals surface area (Å²) in [5.41, 5.74) is 0. The summed E-state index contributed by atoms with van der Waals surface area (Å²) in [6, 6.07) is 0. The fourth-order valence-electron chi connectivity index (χ4n) is 1.43. The maximum atomic E-state index is 12.0. The van der Waals surface area contributed by atoms with Crippen LogP contribution in [0.4, 0.5) is 13.2 Å². The van der Waals surface area contributed by atoms with Crippen LogP contribution in [0, 0.1) is 5.92 Å². The van der Waals surface area contributed by atoms with E-state index in [4.69, 9.17) is 9.84 Å². The van der Waals surface area contributed by atoms with E-state index in [1.165, 1.54) is 0 Å². The minimum atomic E-state index is -4.61. The van der Waals surface area contributed by atoms with Gasteiger partial charge in [0.2, 0.25) is 0 Å². The molecule has 1 heterocycles. The van der Waals surface area contributed by atoms with Crippen LogP contribution in [-0.4, -0.2) is 41.8 Å². The Kier molecular flexibility index (Phi) is 3.74. The van der Waals surface area contributed by atoms with Crippen molar-refractivity contribution in [2.45, 2.75) is 31.2 Å². The fraction of sp³-hybridized carbons (Fsp3) is 1.00. The quantitative estimate of drug-likeness (QED) is 0.711. The second-order valence-corrected chi connectivity index (χ2v) is 3.48. The number of halogens is 3. The third kappa shape index (κ3) is 3.11. The Morgan fingerprint density at radius 1 is 1.43 bits per heavy atom. The predicted molar refractivity (Wildman–Crippen MR) is 41.6 cm³/mol. The van der Waals surface area contributed by atoms with Crippen molar-refractivity contribution in [2.24, 2.45) is 5.92 Å². The van der Waals surface area contributed by atoms with Crippen molar-refractivity contribution in [3.63, 3.8) is 0 Å². The van der Waals surface area contributed by atoms with Crippen LogP contribution in [0.15, 0.2) is 0 Å². The molecular formula is C8H13F3O3. The molecule has 3 atom stereocenters. The molecule has 84 valence electrons. The van der Waals surface area contributed by atoms with Crippen molar-refractivity contribution in [1.29, 1.82) is 0 Å². The van der Waals surface area contributed by atoms with Gasteiger partial charge in [-0.1, -0.05) is 0 Å². The zero-order chi connectivity index (χ0) is 10.8. The third-order valence-corrected chi connectivity index (χ3v) is 2.34. The van der Waals surface area contributed by atoms with E-state index in [0.717, 1.165) is 0 Å². The van der Waals surface area contributed by atoms with Gasteiger partial charge in [-0.25, -0.2) is 0 Å². The first-order valence-corrected chi connectivity index (χ1v) is 4.42. The van der Waals surface area contributed by atoms with Gasteiger partial charge in [0.15, 0.2) is 0 Å². The molecule has 0 aromatic carbocycles. The molecular weight excluding hydrogens is 201 g/mol. The number of aliphatic hydroxyl groups excluding tert-OH is 2. The van der Waals surface area contributed by atoms with Gasteiger partial charge in [-0.3, -0.25) is 0 Å². The number of aliphatic hydroxyl groups is 2. The molecule has 0 saturated carbocycles. The van der Waals surface area contributed by atoms with Gasteiger partial charge in [-0.05, 0) is 12.8 Å². The summed E-state index contributed by atoms with van der Waals surface area (Å²) >= 11 is 0. The lowest BCUT2D eigenvalue weighted by molar-refractivity contribution is -0.213. The zero-order valence-corrected chi connectivity index (χ0v) is 7.50. The summed E-state index contributed by atoms with van der Waals surface area (Å²) in [7, 11) is 0. The highest BCUT2D eigenvalue weighted by molar-refractivity contribution is 4.78. The first-order valence-electron chi connectivity index (χ1n) is 4.42. The van der Waals surface area contributed by atoms with Crippen LogP contribution in [0.3, 0.4) is 0 Å². The van der Waals surface area contributed by atoms with E-state index in [9.17, 15) is 18.3 Å². The molecule has 3 unspecified atom stereocenters. The number of hydrogen-bond donors (Lipinski definition) is 2. The molecule has 0 aromatic heterocycles. The summed E-state index contributed by atoms with van der Waals surface area (Å²) in [5.74, 6) is -0.625. The van der Waals surface area contributed by atoms with Crippen LogP contribution in [-0.2, 0) is 4.74 Å². The van der Waals surface area contributed by atoms with Crippen LogP contribution >= 0.6 is 0 Å². The first kappa shape index (κ1) is 11.7. The molecule has 0 aromatic rings. The van der Waals surface area contributed by atoms with Gasteiger partial charge in [0.05, 0.1) is 12.7 Å². The normalized spacial score (nSPS) is 31.5. The second kappa shape index (κ2) is 4.46. The number of hydrogen-bond acceptors (Lipinski definition) is 3. The van der Waals surface area contributed by atoms with Crippen molar-refractivity contribution in [3.8, 4) is 0 Å². The molecule has 3 nitrogen and oxygen atoms in total. The lowest BCUT2D eigenvalue weighted by atomic mass is 9.92. The topological polar surface area (TPSA) is 49.7 Å². The van der Waals surface area contributed by atoms with Crippen LogP contribution in [0.5, 0.6) is 0 Å². The molecule has 1 saturated heterocycles. The maximum absolute atomic E-state index is 12.0. The summed E-state index contributed by atoms with van der Waals surface area (Å²) in [6.45, 7) is 0.439. The Hall–Kier alpha value is -0.330. The van der Waals surface area contributed by atoms with E-state index in [1.54, 1.807) is 0 Å². The number of alkyl halides is 3. The Morgan fingerprint density at radius 2 is 2.07 bits per heavy atom. The van der Waals surface area contributed by atoms with E-state index < -0.39 is 30.7 Å². The molecule has 1 aliphatic rings. The highest BCUT2D eigenvalue weighted by Gasteiger charge is 2.41. The minimum Gasteiger partial charge on any atom is -0.393 e. The van der Waals surface area contributed by atoms with Gasteiger partial charge in [0.25, 0.3) is 0 Å². The molecule has 14 heavy (non-hydrogen) atoms. The Bertz CT molecular complexity index is 183. The molecule has 1 fully saturated rings. The lowest BCUT2D eigenvalue weighted by Gasteiger charge is -2.29. The van der Waals surface area contributed by atoms with Crippen LogP contribution in [0.2, 0.25) is 0 Å². The average molecular weight is 214 g/mol. The van der Waals surface area contributed by atoms with Gasteiger partial charge in [-0.2, -0.15) is 13.2 Å². The molecule has 0 spiro atoms. The van der Waals surface area contributed by atoms with Crippen LogP contribution in [0.1, 0.15) is 12.8 Å². The van der Waals surface area contributed by atoms with Gasteiger partial charge in [-0.15, -0.1) is 0 Å². The second-order valence-electron chi connectivity index (χ2n) is 3.48. The van der Waals surface area contributed by atoms with E-state index in [2.05, 4.69) is 0 Å². The Morgan fingerprint density at radius 3 is 2.57 bits per heavy atom. The van der Waals surface area contributed by atoms with Crippen molar-refractivity contribution in [3.05, 3.63) is 0 Å². The van der Waals surface area contributed by atoms with Gasteiger partial charge < -0.3 is 14.9 Å². The molecule has 1 aliphatic heterocycles. The molecule has 0 aliphatic carbocycles. The Labute approximate surface area is 79.5 Å². The lowest BCUT2D eigenvalue weighted by Crippen LogP contribution is -2.38. The van der Waals surface area contributed by atoms with Crippen molar-refractivity contribution in [1.82, 2.24) is 0 Å². The average Bonchev–Trinajstić information content (AvgIpc) is 2.07. The SMILES string of the molecule is OC1CCOCC1CC(O)C(F)(F)F. The maximum Gasteiger partial charge on any atom is 0.414 e. The molecule has 0 amide bonds. The molecule has 6 heteroatoms. The highest BCUT2D eigenvalue weighted by atomic mass is 19.4. The van der Waals surface area contributed by atoms with Crippen molar-refractivity contribution < 1.29 is 28.1 Å². The van der Waals surface area contributed by atoms with Crippen molar-refractivity contribution >= 4 is 0 Å². The highest BCUT2D eigenvalue weighted by Crippen LogP contribution is 2.28. The zero-order valence-electron chi connectivity index (χ0n) is 7.50. The molecule has 0 radical (unpaired) electrons. The van der Waals surface area contributed by atoms with Gasteiger partial charge >= 0.3 is 6.18 Å². The van der Waals surface area contributed by atoms with E-state index in [1.807, 2.05) is 0 Å². The van der Waals surface area contributed by atoms with E-state index in [0.29, 0.717) is 13.0 Å². The summed E-state index contributed by atoms with van der Waals surface area (Å²) in [6.07, 6.45) is -7.96. The standard InChI is InChI=1S/C8H13F3O3/c9-8(10,11)7(13)3-5-4-14-2-1-6(5)12/h5-7,12-13H,1-4H2. The van der Waals surface area contributed by atoms with E-state index >= 15 is 0 Å². The summed E-state index contributed by atoms with van der Waals surface area (Å²) in [5, 5.41) is 18.1. The fourth-order valence-corrected chi connectivity index (χ4v) is 1.43. The van der Waals surface area contributed by atoms with Crippen molar-refractivity contribution in [2.75, 3.05) is 13.2 Å². The van der Waals surface area contributed by atoms with Crippen LogP contribution < -0.4 is 0 Å². The van der Waals surface area contributed by atoms with E-state index in [-0.39, 0.29) is 6.61 Å². The molecule has 1 rings (SSSR count). The van der Waals surface area contributed by atoms with Gasteiger partial charge in [0.1, 0.15) is 6.10 Å². The van der Waals surface area contributed by atoms with Crippen LogP contribution in [0.25, 0.3) is 0 Å². The minimum absolute atomic E-state index is 0.0777.